The van der Waals surface area contributed by atoms with E-state index in [9.17, 15) is 18.8 Å². The van der Waals surface area contributed by atoms with Crippen LogP contribution in [0.4, 0.5) is 15.8 Å². The Morgan fingerprint density at radius 3 is 2.61 bits per heavy atom. The molecular formula is C25H21FN2O4S. The lowest BCUT2D eigenvalue weighted by Gasteiger charge is -2.23. The van der Waals surface area contributed by atoms with E-state index >= 15 is 0 Å². The van der Waals surface area contributed by atoms with Crippen molar-refractivity contribution in [2.24, 2.45) is 0 Å². The molecule has 0 saturated carbocycles. The van der Waals surface area contributed by atoms with Crippen molar-refractivity contribution in [2.75, 3.05) is 23.4 Å². The first kappa shape index (κ1) is 22.5. The Balaban J connectivity index is 1.70. The van der Waals surface area contributed by atoms with Gasteiger partial charge in [-0.05, 0) is 61.9 Å². The number of nitrogens with one attached hydrogen (secondary N) is 1. The van der Waals surface area contributed by atoms with Crippen LogP contribution < -0.4 is 10.2 Å². The van der Waals surface area contributed by atoms with Gasteiger partial charge in [0.1, 0.15) is 12.4 Å². The highest BCUT2D eigenvalue weighted by molar-refractivity contribution is 7.99. The molecule has 3 aromatic carbocycles. The molecule has 2 amide bonds. The summed E-state index contributed by atoms with van der Waals surface area (Å²) in [5.41, 5.74) is 1.91. The molecule has 168 valence electrons. The second kappa shape index (κ2) is 9.46. The number of aryl methyl sites for hydroxylation is 1. The summed E-state index contributed by atoms with van der Waals surface area (Å²) < 4.78 is 19.0. The summed E-state index contributed by atoms with van der Waals surface area (Å²) in [5, 5.41) is 2.64. The van der Waals surface area contributed by atoms with Crippen LogP contribution in [0.2, 0.25) is 0 Å². The molecule has 1 N–H and O–H groups in total. The van der Waals surface area contributed by atoms with Gasteiger partial charge in [0, 0.05) is 15.5 Å². The molecule has 0 radical (unpaired) electrons. The molecular weight excluding hydrogens is 443 g/mol. The molecule has 0 saturated heterocycles. The van der Waals surface area contributed by atoms with E-state index in [0.29, 0.717) is 22.5 Å². The van der Waals surface area contributed by atoms with E-state index in [0.717, 1.165) is 9.79 Å². The third-order valence-electron chi connectivity index (χ3n) is 5.10. The van der Waals surface area contributed by atoms with Gasteiger partial charge in [-0.1, -0.05) is 30.0 Å². The Labute approximate surface area is 194 Å². The number of hydrogen-bond acceptors (Lipinski definition) is 5. The number of amides is 2. The fourth-order valence-electron chi connectivity index (χ4n) is 3.43. The van der Waals surface area contributed by atoms with Gasteiger partial charge in [0.05, 0.1) is 23.4 Å². The normalized spacial score (nSPS) is 12.5. The molecule has 0 spiro atoms. The number of nitrogens with zero attached hydrogens (tertiary/aromatic N) is 1. The van der Waals surface area contributed by atoms with Crippen LogP contribution in [0.3, 0.4) is 0 Å². The van der Waals surface area contributed by atoms with Crippen LogP contribution in [0.15, 0.2) is 70.5 Å². The summed E-state index contributed by atoms with van der Waals surface area (Å²) in [7, 11) is 0. The Morgan fingerprint density at radius 1 is 1.06 bits per heavy atom. The molecule has 1 aliphatic heterocycles. The first-order chi connectivity index (χ1) is 15.9. The van der Waals surface area contributed by atoms with Gasteiger partial charge >= 0.3 is 5.97 Å². The smallest absolute Gasteiger partial charge is 0.338 e. The fourth-order valence-corrected chi connectivity index (χ4v) is 4.49. The third kappa shape index (κ3) is 4.75. The van der Waals surface area contributed by atoms with Crippen molar-refractivity contribution in [1.29, 1.82) is 0 Å². The number of benzene rings is 3. The molecule has 4 rings (SSSR count). The van der Waals surface area contributed by atoms with Crippen molar-refractivity contribution in [2.45, 2.75) is 23.6 Å². The molecule has 33 heavy (non-hydrogen) atoms. The zero-order chi connectivity index (χ0) is 23.5. The van der Waals surface area contributed by atoms with Crippen LogP contribution in [0, 0.1) is 12.7 Å². The summed E-state index contributed by atoms with van der Waals surface area (Å²) in [4.78, 5) is 41.4. The van der Waals surface area contributed by atoms with E-state index in [4.69, 9.17) is 4.74 Å². The van der Waals surface area contributed by atoms with Gasteiger partial charge in [-0.3, -0.25) is 14.5 Å². The number of carbonyl (C=O) groups excluding carboxylic acids is 3. The molecule has 0 unspecified atom stereocenters. The maximum Gasteiger partial charge on any atom is 0.338 e. The van der Waals surface area contributed by atoms with Gasteiger partial charge in [0.15, 0.2) is 0 Å². The Hall–Kier alpha value is -3.65. The topological polar surface area (TPSA) is 75.7 Å². The van der Waals surface area contributed by atoms with E-state index in [-0.39, 0.29) is 24.6 Å². The highest BCUT2D eigenvalue weighted by atomic mass is 32.2. The molecule has 1 aliphatic rings. The zero-order valence-corrected chi connectivity index (χ0v) is 18.9. The number of esters is 1. The van der Waals surface area contributed by atoms with Gasteiger partial charge in [0.25, 0.3) is 5.91 Å². The summed E-state index contributed by atoms with van der Waals surface area (Å²) >= 11 is 1.38. The van der Waals surface area contributed by atoms with Crippen LogP contribution in [0.1, 0.15) is 33.2 Å². The van der Waals surface area contributed by atoms with Gasteiger partial charge < -0.3 is 10.1 Å². The maximum absolute atomic E-state index is 13.9. The van der Waals surface area contributed by atoms with Crippen molar-refractivity contribution in [3.8, 4) is 0 Å². The van der Waals surface area contributed by atoms with Crippen molar-refractivity contribution >= 4 is 40.9 Å². The predicted molar refractivity (Wildman–Crippen MR) is 124 cm³/mol. The number of halogens is 1. The molecule has 3 aromatic rings. The zero-order valence-electron chi connectivity index (χ0n) is 18.1. The number of ether oxygens (including phenoxy) is 1. The monoisotopic (exact) mass is 464 g/mol. The quantitative estimate of drug-likeness (QED) is 0.534. The summed E-state index contributed by atoms with van der Waals surface area (Å²) in [5.74, 6) is -1.82. The molecule has 0 fully saturated rings. The second-order valence-electron chi connectivity index (χ2n) is 7.40. The van der Waals surface area contributed by atoms with E-state index in [1.807, 2.05) is 12.1 Å². The minimum atomic E-state index is -0.515. The van der Waals surface area contributed by atoms with E-state index in [1.165, 1.54) is 22.7 Å². The number of rotatable bonds is 5. The fraction of sp³-hybridized carbons (Fsp3) is 0.160. The van der Waals surface area contributed by atoms with Crippen molar-refractivity contribution in [1.82, 2.24) is 0 Å². The minimum Gasteiger partial charge on any atom is -0.462 e. The minimum absolute atomic E-state index is 0.217. The molecule has 6 nitrogen and oxygen atoms in total. The molecule has 8 heteroatoms. The van der Waals surface area contributed by atoms with Gasteiger partial charge in [0.2, 0.25) is 5.91 Å². The summed E-state index contributed by atoms with van der Waals surface area (Å²) in [6.07, 6.45) is 0. The Morgan fingerprint density at radius 2 is 1.85 bits per heavy atom. The van der Waals surface area contributed by atoms with Crippen LogP contribution in [0.5, 0.6) is 0 Å². The van der Waals surface area contributed by atoms with Crippen molar-refractivity contribution in [3.63, 3.8) is 0 Å². The predicted octanol–water partition coefficient (Wildman–Crippen LogP) is 5.06. The molecule has 0 bridgehead atoms. The number of anilines is 2. The lowest BCUT2D eigenvalue weighted by Crippen LogP contribution is -2.38. The summed E-state index contributed by atoms with van der Waals surface area (Å²) in [6.45, 7) is 3.24. The lowest BCUT2D eigenvalue weighted by atomic mass is 10.1. The largest absolute Gasteiger partial charge is 0.462 e. The number of hydrogen-bond donors (Lipinski definition) is 1. The standard InChI is InChI=1S/C25H21FN2O4S/c1-3-32-25(31)16-9-11-22-20(12-16)28(24(30)18-6-4-5-7-21(18)33-22)14-23(29)27-17-10-8-15(2)19(26)13-17/h4-13H,3,14H2,1-2H3,(H,27,29). The molecule has 1 heterocycles. The summed E-state index contributed by atoms with van der Waals surface area (Å²) in [6, 6.07) is 16.4. The maximum atomic E-state index is 13.9. The highest BCUT2D eigenvalue weighted by Gasteiger charge is 2.29. The Bertz CT molecular complexity index is 1260. The van der Waals surface area contributed by atoms with Crippen LogP contribution in [0.25, 0.3) is 0 Å². The SMILES string of the molecule is CCOC(=O)c1ccc2c(c1)N(CC(=O)Nc1ccc(C)c(F)c1)C(=O)c1ccccc1S2. The first-order valence-corrected chi connectivity index (χ1v) is 11.1. The average Bonchev–Trinajstić information content (AvgIpc) is 2.91. The van der Waals surface area contributed by atoms with Crippen molar-refractivity contribution < 1.29 is 23.5 Å². The third-order valence-corrected chi connectivity index (χ3v) is 6.24. The van der Waals surface area contributed by atoms with E-state index in [1.54, 1.807) is 56.3 Å². The van der Waals surface area contributed by atoms with Gasteiger partial charge in [-0.25, -0.2) is 9.18 Å². The average molecular weight is 465 g/mol. The van der Waals surface area contributed by atoms with Crippen LogP contribution >= 0.6 is 11.8 Å². The Kier molecular flexibility index (Phi) is 6.46. The highest BCUT2D eigenvalue weighted by Crippen LogP contribution is 2.41. The van der Waals surface area contributed by atoms with Crippen LogP contribution in [-0.4, -0.2) is 30.9 Å². The molecule has 0 atom stereocenters. The van der Waals surface area contributed by atoms with E-state index < -0.39 is 17.7 Å². The molecule has 0 aliphatic carbocycles. The first-order valence-electron chi connectivity index (χ1n) is 10.3. The number of carbonyl (C=O) groups is 3. The van der Waals surface area contributed by atoms with Gasteiger partial charge in [-0.15, -0.1) is 0 Å². The number of fused-ring (bicyclic) bond motifs is 2. The van der Waals surface area contributed by atoms with Crippen molar-refractivity contribution in [3.05, 3.63) is 83.2 Å². The van der Waals surface area contributed by atoms with Crippen LogP contribution in [-0.2, 0) is 9.53 Å². The lowest BCUT2D eigenvalue weighted by molar-refractivity contribution is -0.114. The van der Waals surface area contributed by atoms with Gasteiger partial charge in [-0.2, -0.15) is 0 Å². The molecule has 0 aromatic heterocycles. The van der Waals surface area contributed by atoms with E-state index in [2.05, 4.69) is 5.32 Å². The second-order valence-corrected chi connectivity index (χ2v) is 8.49.